The summed E-state index contributed by atoms with van der Waals surface area (Å²) in [5, 5.41) is 9.71. The lowest BCUT2D eigenvalue weighted by Gasteiger charge is -2.25. The van der Waals surface area contributed by atoms with Crippen LogP contribution in [0.5, 0.6) is 0 Å². The molecule has 0 radical (unpaired) electrons. The Balaban J connectivity index is 0.00000320. The summed E-state index contributed by atoms with van der Waals surface area (Å²) in [5.74, 6) is 0.991. The molecule has 0 aromatic carbocycles. The maximum absolute atomic E-state index is 12.0. The molecule has 10 heteroatoms. The fraction of sp³-hybridized carbons (Fsp3) is 0.500. The Bertz CT molecular complexity index is 840. The number of nitrogens with one attached hydrogen (secondary N) is 3. The van der Waals surface area contributed by atoms with E-state index in [1.54, 1.807) is 18.3 Å². The Labute approximate surface area is 177 Å². The zero-order valence-corrected chi connectivity index (χ0v) is 16.6. The number of carbonyl (C=O) groups excluding carboxylic acids is 1. The zero-order chi connectivity index (χ0) is 20.6. The molecule has 1 aliphatic rings. The largest absolute Gasteiger partial charge is 0.381 e. The van der Waals surface area contributed by atoms with Gasteiger partial charge in [-0.1, -0.05) is 14.4 Å². The van der Waals surface area contributed by atoms with Crippen molar-refractivity contribution in [2.45, 2.75) is 39.7 Å². The number of pyridine rings is 1. The van der Waals surface area contributed by atoms with Crippen LogP contribution in [0.1, 0.15) is 43.4 Å². The van der Waals surface area contributed by atoms with E-state index in [2.05, 4.69) is 30.9 Å². The van der Waals surface area contributed by atoms with Crippen LogP contribution in [0.25, 0.3) is 0 Å². The Morgan fingerprint density at radius 1 is 1.27 bits per heavy atom. The highest BCUT2D eigenvalue weighted by atomic mass is 16.5. The standard InChI is InChI=1S/C19H28N8O2.CH4/c1-2-14-18(24-12-4-9-29-10-5-12)27-19(16(26-14)17(21)28)25-13-3-7-22-15(11-13)23-8-6-20;/h3,7,11-12H,2,4-6,8-10,20H2,1H3,(H2,21,28)(H3,22,23,24,25,27);1H4. The van der Waals surface area contributed by atoms with E-state index in [9.17, 15) is 4.79 Å². The minimum absolute atomic E-state index is 0. The molecule has 30 heavy (non-hydrogen) atoms. The molecule has 1 aliphatic heterocycles. The lowest BCUT2D eigenvalue weighted by atomic mass is 10.1. The number of carbonyl (C=O) groups is 1. The summed E-state index contributed by atoms with van der Waals surface area (Å²) in [6.07, 6.45) is 4.07. The van der Waals surface area contributed by atoms with Crippen molar-refractivity contribution in [3.63, 3.8) is 0 Å². The highest BCUT2D eigenvalue weighted by Gasteiger charge is 2.20. The molecule has 2 aromatic rings. The highest BCUT2D eigenvalue weighted by Crippen LogP contribution is 2.25. The molecule has 0 spiro atoms. The van der Waals surface area contributed by atoms with Crippen LogP contribution < -0.4 is 27.4 Å². The van der Waals surface area contributed by atoms with Crippen LogP contribution >= 0.6 is 0 Å². The summed E-state index contributed by atoms with van der Waals surface area (Å²) in [6, 6.07) is 3.84. The van der Waals surface area contributed by atoms with Crippen molar-refractivity contribution in [2.75, 3.05) is 42.3 Å². The Morgan fingerprint density at radius 3 is 2.70 bits per heavy atom. The van der Waals surface area contributed by atoms with Crippen LogP contribution in [0, 0.1) is 0 Å². The van der Waals surface area contributed by atoms with E-state index >= 15 is 0 Å². The summed E-state index contributed by atoms with van der Waals surface area (Å²) in [7, 11) is 0. The van der Waals surface area contributed by atoms with Crippen molar-refractivity contribution in [3.8, 4) is 0 Å². The monoisotopic (exact) mass is 416 g/mol. The first-order valence-electron chi connectivity index (χ1n) is 9.82. The average molecular weight is 417 g/mol. The Morgan fingerprint density at radius 2 is 2.03 bits per heavy atom. The molecular weight excluding hydrogens is 384 g/mol. The topological polar surface area (TPSA) is 153 Å². The molecule has 0 aliphatic carbocycles. The van der Waals surface area contributed by atoms with Gasteiger partial charge in [-0.2, -0.15) is 0 Å². The van der Waals surface area contributed by atoms with Crippen molar-refractivity contribution in [1.29, 1.82) is 0 Å². The summed E-state index contributed by atoms with van der Waals surface area (Å²) in [5.41, 5.74) is 12.6. The van der Waals surface area contributed by atoms with Crippen LogP contribution in [0.4, 0.5) is 23.1 Å². The molecule has 1 amide bonds. The van der Waals surface area contributed by atoms with E-state index in [4.69, 9.17) is 16.2 Å². The first-order valence-corrected chi connectivity index (χ1v) is 9.82. The molecule has 0 unspecified atom stereocenters. The van der Waals surface area contributed by atoms with Gasteiger partial charge < -0.3 is 32.2 Å². The number of primary amides is 1. The maximum atomic E-state index is 12.0. The number of nitrogens with zero attached hydrogens (tertiary/aromatic N) is 3. The zero-order valence-electron chi connectivity index (χ0n) is 16.6. The summed E-state index contributed by atoms with van der Waals surface area (Å²) in [6.45, 7) is 4.50. The number of ether oxygens (including phenoxy) is 1. The molecule has 3 rings (SSSR count). The van der Waals surface area contributed by atoms with E-state index in [0.29, 0.717) is 61.6 Å². The van der Waals surface area contributed by atoms with E-state index < -0.39 is 5.91 Å². The summed E-state index contributed by atoms with van der Waals surface area (Å²) < 4.78 is 5.42. The molecule has 2 aromatic heterocycles. The Kier molecular flexibility index (Phi) is 8.75. The molecule has 164 valence electrons. The molecule has 0 bridgehead atoms. The number of amides is 1. The Hall–Kier alpha value is -2.98. The van der Waals surface area contributed by atoms with Gasteiger partial charge in [-0.25, -0.2) is 15.0 Å². The van der Waals surface area contributed by atoms with Gasteiger partial charge in [0.25, 0.3) is 5.91 Å². The molecule has 0 atom stereocenters. The average Bonchev–Trinajstić information content (AvgIpc) is 2.73. The number of rotatable bonds is 9. The molecule has 7 N–H and O–H groups in total. The van der Waals surface area contributed by atoms with Gasteiger partial charge in [0.05, 0.1) is 5.69 Å². The van der Waals surface area contributed by atoms with Gasteiger partial charge in [-0.05, 0) is 25.3 Å². The van der Waals surface area contributed by atoms with Gasteiger partial charge >= 0.3 is 0 Å². The first-order chi connectivity index (χ1) is 14.1. The quantitative estimate of drug-likeness (QED) is 0.412. The predicted octanol–water partition coefficient (Wildman–Crippen LogP) is 1.87. The van der Waals surface area contributed by atoms with Gasteiger partial charge in [0, 0.05) is 50.3 Å². The summed E-state index contributed by atoms with van der Waals surface area (Å²) >= 11 is 0. The van der Waals surface area contributed by atoms with Crippen LogP contribution in [-0.2, 0) is 11.2 Å². The minimum Gasteiger partial charge on any atom is -0.381 e. The van der Waals surface area contributed by atoms with E-state index in [1.165, 1.54) is 0 Å². The molecule has 1 fully saturated rings. The fourth-order valence-corrected chi connectivity index (χ4v) is 3.07. The number of nitrogens with two attached hydrogens (primary N) is 2. The van der Waals surface area contributed by atoms with E-state index in [-0.39, 0.29) is 19.2 Å². The fourth-order valence-electron chi connectivity index (χ4n) is 3.07. The molecule has 10 nitrogen and oxygen atoms in total. The van der Waals surface area contributed by atoms with Crippen molar-refractivity contribution in [1.82, 2.24) is 15.0 Å². The number of hydrogen-bond acceptors (Lipinski definition) is 9. The second-order valence-electron chi connectivity index (χ2n) is 6.74. The third-order valence-electron chi connectivity index (χ3n) is 4.57. The number of aromatic nitrogens is 3. The van der Waals surface area contributed by atoms with Gasteiger partial charge in [-0.3, -0.25) is 4.79 Å². The second-order valence-corrected chi connectivity index (χ2v) is 6.74. The molecular formula is C20H32N8O2. The van der Waals surface area contributed by atoms with Crippen molar-refractivity contribution in [3.05, 3.63) is 29.7 Å². The third kappa shape index (κ3) is 6.01. The van der Waals surface area contributed by atoms with Crippen LogP contribution in [0.15, 0.2) is 18.3 Å². The maximum Gasteiger partial charge on any atom is 0.271 e. The minimum atomic E-state index is -0.636. The van der Waals surface area contributed by atoms with Gasteiger partial charge in [0.2, 0.25) is 0 Å². The lowest BCUT2D eigenvalue weighted by molar-refractivity contribution is 0.0903. The molecule has 3 heterocycles. The first kappa shape index (κ1) is 23.3. The SMILES string of the molecule is C.CCc1nc(C(N)=O)c(Nc2ccnc(NCCN)c2)nc1NC1CCOCC1. The van der Waals surface area contributed by atoms with E-state index in [0.717, 1.165) is 12.8 Å². The van der Waals surface area contributed by atoms with Gasteiger partial charge in [0.15, 0.2) is 17.3 Å². The van der Waals surface area contributed by atoms with Crippen molar-refractivity contribution < 1.29 is 9.53 Å². The van der Waals surface area contributed by atoms with E-state index in [1.807, 2.05) is 6.92 Å². The lowest BCUT2D eigenvalue weighted by Crippen LogP contribution is -2.29. The molecule has 0 saturated carbocycles. The number of anilines is 4. The second kappa shape index (κ2) is 11.3. The van der Waals surface area contributed by atoms with Crippen molar-refractivity contribution in [2.24, 2.45) is 11.5 Å². The normalized spacial score (nSPS) is 13.9. The molecule has 1 saturated heterocycles. The van der Waals surface area contributed by atoms with Crippen LogP contribution in [0.3, 0.4) is 0 Å². The predicted molar refractivity (Wildman–Crippen MR) is 119 cm³/mol. The van der Waals surface area contributed by atoms with Crippen LogP contribution in [-0.4, -0.2) is 53.2 Å². The third-order valence-corrected chi connectivity index (χ3v) is 4.57. The number of hydrogen-bond donors (Lipinski definition) is 5. The van der Waals surface area contributed by atoms with Crippen LogP contribution in [0.2, 0.25) is 0 Å². The van der Waals surface area contributed by atoms with Gasteiger partial charge in [-0.15, -0.1) is 0 Å². The van der Waals surface area contributed by atoms with Gasteiger partial charge in [0.1, 0.15) is 5.82 Å². The number of aryl methyl sites for hydroxylation is 1. The van der Waals surface area contributed by atoms with Crippen molar-refractivity contribution >= 4 is 29.0 Å². The summed E-state index contributed by atoms with van der Waals surface area (Å²) in [4.78, 5) is 25.4. The smallest absolute Gasteiger partial charge is 0.271 e. The highest BCUT2D eigenvalue weighted by molar-refractivity contribution is 5.96.